The summed E-state index contributed by atoms with van der Waals surface area (Å²) in [6.07, 6.45) is 0. The number of carbonyl (C=O) groups is 1. The summed E-state index contributed by atoms with van der Waals surface area (Å²) in [5, 5.41) is 9.15. The third-order valence-electron chi connectivity index (χ3n) is 3.06. The van der Waals surface area contributed by atoms with Gasteiger partial charge in [-0.3, -0.25) is 0 Å². The Bertz CT molecular complexity index is 650. The fourth-order valence-corrected chi connectivity index (χ4v) is 1.89. The number of hydrogen-bond acceptors (Lipinski definition) is 2. The van der Waals surface area contributed by atoms with E-state index in [0.29, 0.717) is 5.56 Å². The highest BCUT2D eigenvalue weighted by Gasteiger charge is 2.12. The van der Waals surface area contributed by atoms with Crippen LogP contribution in [0.15, 0.2) is 36.4 Å². The van der Waals surface area contributed by atoms with Crippen LogP contribution in [0.3, 0.4) is 0 Å². The SMILES string of the molecule is Cc1ccc(OCc2cc(F)ccc2C)c(C(=O)O)c1. The number of aryl methyl sites for hydroxylation is 2. The van der Waals surface area contributed by atoms with E-state index in [1.54, 1.807) is 24.3 Å². The molecule has 0 fully saturated rings. The first kappa shape index (κ1) is 14.1. The lowest BCUT2D eigenvalue weighted by atomic mass is 10.1. The van der Waals surface area contributed by atoms with Crippen LogP contribution in [-0.4, -0.2) is 11.1 Å². The Morgan fingerprint density at radius 2 is 1.95 bits per heavy atom. The molecule has 0 aliphatic rings. The summed E-state index contributed by atoms with van der Waals surface area (Å²) in [4.78, 5) is 11.2. The molecule has 1 N–H and O–H groups in total. The molecule has 104 valence electrons. The number of rotatable bonds is 4. The number of carboxylic acids is 1. The van der Waals surface area contributed by atoms with E-state index in [0.717, 1.165) is 11.1 Å². The molecule has 0 radical (unpaired) electrons. The number of ether oxygens (including phenoxy) is 1. The molecule has 4 heteroatoms. The van der Waals surface area contributed by atoms with Gasteiger partial charge in [0.05, 0.1) is 0 Å². The van der Waals surface area contributed by atoms with Crippen LogP contribution in [0.4, 0.5) is 4.39 Å². The Morgan fingerprint density at radius 1 is 1.20 bits per heavy atom. The summed E-state index contributed by atoms with van der Waals surface area (Å²) in [5.74, 6) is -1.09. The van der Waals surface area contributed by atoms with Crippen molar-refractivity contribution >= 4 is 5.97 Å². The van der Waals surface area contributed by atoms with Crippen LogP contribution < -0.4 is 4.74 Å². The van der Waals surface area contributed by atoms with E-state index in [1.807, 2.05) is 13.8 Å². The zero-order valence-corrected chi connectivity index (χ0v) is 11.3. The van der Waals surface area contributed by atoms with Gasteiger partial charge in [0.15, 0.2) is 0 Å². The molecule has 0 bridgehead atoms. The van der Waals surface area contributed by atoms with Crippen LogP contribution in [0.5, 0.6) is 5.75 Å². The lowest BCUT2D eigenvalue weighted by molar-refractivity contribution is 0.0691. The quantitative estimate of drug-likeness (QED) is 0.924. The second kappa shape index (κ2) is 5.74. The third-order valence-corrected chi connectivity index (χ3v) is 3.06. The second-order valence-electron chi connectivity index (χ2n) is 4.66. The van der Waals surface area contributed by atoms with Gasteiger partial charge >= 0.3 is 5.97 Å². The van der Waals surface area contributed by atoms with Crippen molar-refractivity contribution in [1.29, 1.82) is 0 Å². The smallest absolute Gasteiger partial charge is 0.339 e. The summed E-state index contributed by atoms with van der Waals surface area (Å²) in [6, 6.07) is 9.39. The average Bonchev–Trinajstić information content (AvgIpc) is 2.40. The summed E-state index contributed by atoms with van der Waals surface area (Å²) in [5.41, 5.74) is 2.55. The van der Waals surface area contributed by atoms with E-state index >= 15 is 0 Å². The molecule has 0 amide bonds. The molecular weight excluding hydrogens is 259 g/mol. The molecule has 0 unspecified atom stereocenters. The minimum atomic E-state index is -1.04. The molecule has 0 aliphatic carbocycles. The molecule has 0 spiro atoms. The van der Waals surface area contributed by atoms with Gasteiger partial charge in [-0.25, -0.2) is 9.18 Å². The normalized spacial score (nSPS) is 10.3. The highest BCUT2D eigenvalue weighted by molar-refractivity contribution is 5.91. The number of aromatic carboxylic acids is 1. The van der Waals surface area contributed by atoms with Crippen molar-refractivity contribution in [3.8, 4) is 5.75 Å². The van der Waals surface area contributed by atoms with Gasteiger partial charge in [-0.1, -0.05) is 17.7 Å². The lowest BCUT2D eigenvalue weighted by Gasteiger charge is -2.11. The first-order valence-corrected chi connectivity index (χ1v) is 6.19. The van der Waals surface area contributed by atoms with Crippen LogP contribution in [0.1, 0.15) is 27.0 Å². The topological polar surface area (TPSA) is 46.5 Å². The maximum atomic E-state index is 13.2. The van der Waals surface area contributed by atoms with E-state index in [1.165, 1.54) is 12.1 Å². The molecule has 2 aromatic carbocycles. The van der Waals surface area contributed by atoms with Crippen molar-refractivity contribution in [2.75, 3.05) is 0 Å². The van der Waals surface area contributed by atoms with Crippen molar-refractivity contribution in [2.45, 2.75) is 20.5 Å². The van der Waals surface area contributed by atoms with Crippen LogP contribution in [0.25, 0.3) is 0 Å². The molecule has 0 saturated carbocycles. The Labute approximate surface area is 116 Å². The summed E-state index contributed by atoms with van der Waals surface area (Å²) >= 11 is 0. The van der Waals surface area contributed by atoms with Crippen molar-refractivity contribution in [2.24, 2.45) is 0 Å². The predicted molar refractivity (Wildman–Crippen MR) is 73.6 cm³/mol. The molecule has 0 saturated heterocycles. The minimum absolute atomic E-state index is 0.110. The molecule has 0 aliphatic heterocycles. The van der Waals surface area contributed by atoms with Gasteiger partial charge in [0.1, 0.15) is 23.7 Å². The van der Waals surface area contributed by atoms with E-state index in [-0.39, 0.29) is 23.7 Å². The standard InChI is InChI=1S/C16H15FO3/c1-10-3-6-15(14(7-10)16(18)19)20-9-12-8-13(17)5-4-11(12)2/h3-8H,9H2,1-2H3,(H,18,19). The van der Waals surface area contributed by atoms with E-state index in [2.05, 4.69) is 0 Å². The largest absolute Gasteiger partial charge is 0.488 e. The van der Waals surface area contributed by atoms with Crippen molar-refractivity contribution in [3.05, 3.63) is 64.5 Å². The Balaban J connectivity index is 2.23. The Kier molecular flexibility index (Phi) is 4.03. The lowest BCUT2D eigenvalue weighted by Crippen LogP contribution is -2.05. The molecule has 2 rings (SSSR count). The molecule has 0 aromatic heterocycles. The number of benzene rings is 2. The highest BCUT2D eigenvalue weighted by Crippen LogP contribution is 2.22. The zero-order chi connectivity index (χ0) is 14.7. The van der Waals surface area contributed by atoms with Crippen molar-refractivity contribution in [3.63, 3.8) is 0 Å². The first-order chi connectivity index (χ1) is 9.47. The Morgan fingerprint density at radius 3 is 2.65 bits per heavy atom. The molecule has 0 atom stereocenters. The Hall–Kier alpha value is -2.36. The fraction of sp³-hybridized carbons (Fsp3) is 0.188. The minimum Gasteiger partial charge on any atom is -0.488 e. The van der Waals surface area contributed by atoms with Gasteiger partial charge in [-0.05, 0) is 49.2 Å². The zero-order valence-electron chi connectivity index (χ0n) is 11.3. The van der Waals surface area contributed by atoms with Gasteiger partial charge < -0.3 is 9.84 Å². The maximum absolute atomic E-state index is 13.2. The second-order valence-corrected chi connectivity index (χ2v) is 4.66. The van der Waals surface area contributed by atoms with Gasteiger partial charge in [0.25, 0.3) is 0 Å². The van der Waals surface area contributed by atoms with E-state index in [4.69, 9.17) is 9.84 Å². The van der Waals surface area contributed by atoms with E-state index < -0.39 is 5.97 Å². The molecular formula is C16H15FO3. The summed E-state index contributed by atoms with van der Waals surface area (Å²) in [6.45, 7) is 3.80. The van der Waals surface area contributed by atoms with E-state index in [9.17, 15) is 9.18 Å². The van der Waals surface area contributed by atoms with Gasteiger partial charge in [-0.2, -0.15) is 0 Å². The summed E-state index contributed by atoms with van der Waals surface area (Å²) < 4.78 is 18.7. The monoisotopic (exact) mass is 274 g/mol. The number of hydrogen-bond donors (Lipinski definition) is 1. The number of carboxylic acid groups (broad SMARTS) is 1. The van der Waals surface area contributed by atoms with Crippen LogP contribution in [-0.2, 0) is 6.61 Å². The van der Waals surface area contributed by atoms with Crippen LogP contribution >= 0.6 is 0 Å². The first-order valence-electron chi connectivity index (χ1n) is 6.19. The predicted octanol–water partition coefficient (Wildman–Crippen LogP) is 3.72. The third kappa shape index (κ3) is 3.15. The molecule has 20 heavy (non-hydrogen) atoms. The maximum Gasteiger partial charge on any atom is 0.339 e. The molecule has 3 nitrogen and oxygen atoms in total. The molecule has 0 heterocycles. The highest BCUT2D eigenvalue weighted by atomic mass is 19.1. The van der Waals surface area contributed by atoms with Crippen molar-refractivity contribution < 1.29 is 19.0 Å². The van der Waals surface area contributed by atoms with Gasteiger partial charge in [0.2, 0.25) is 0 Å². The van der Waals surface area contributed by atoms with Crippen LogP contribution in [0, 0.1) is 19.7 Å². The fourth-order valence-electron chi connectivity index (χ4n) is 1.89. The molecule has 2 aromatic rings. The van der Waals surface area contributed by atoms with Gasteiger partial charge in [-0.15, -0.1) is 0 Å². The van der Waals surface area contributed by atoms with Crippen molar-refractivity contribution in [1.82, 2.24) is 0 Å². The van der Waals surface area contributed by atoms with Crippen LogP contribution in [0.2, 0.25) is 0 Å². The van der Waals surface area contributed by atoms with Gasteiger partial charge in [0, 0.05) is 0 Å². The average molecular weight is 274 g/mol. The summed E-state index contributed by atoms with van der Waals surface area (Å²) in [7, 11) is 0. The number of halogens is 1.